The molecule has 0 aromatic heterocycles. The van der Waals surface area contributed by atoms with Crippen LogP contribution in [0.2, 0.25) is 15.1 Å². The number of hydrazone groups is 1. The van der Waals surface area contributed by atoms with Crippen LogP contribution in [0.4, 0.5) is 5.69 Å². The first-order valence-corrected chi connectivity index (χ1v) is 7.20. The van der Waals surface area contributed by atoms with Crippen LogP contribution >= 0.6 is 34.8 Å². The lowest BCUT2D eigenvalue weighted by atomic mass is 10.2. The van der Waals surface area contributed by atoms with Crippen molar-refractivity contribution in [1.29, 1.82) is 0 Å². The molecule has 0 amide bonds. The number of nitrogens with zero attached hydrogens (tertiary/aromatic N) is 1. The summed E-state index contributed by atoms with van der Waals surface area (Å²) in [6, 6.07) is 3.27. The van der Waals surface area contributed by atoms with Crippen molar-refractivity contribution in [1.82, 2.24) is 0 Å². The molecule has 0 atom stereocenters. The minimum absolute atomic E-state index is 0.468. The second-order valence-corrected chi connectivity index (χ2v) is 5.27. The lowest BCUT2D eigenvalue weighted by Gasteiger charge is -2.06. The zero-order valence-corrected chi connectivity index (χ0v) is 12.6. The van der Waals surface area contributed by atoms with Gasteiger partial charge < -0.3 is 0 Å². The third-order valence-corrected chi connectivity index (χ3v) is 3.28. The molecule has 0 aliphatic heterocycles. The van der Waals surface area contributed by atoms with Gasteiger partial charge in [-0.15, -0.1) is 0 Å². The molecule has 1 rings (SSSR count). The van der Waals surface area contributed by atoms with Crippen molar-refractivity contribution >= 4 is 46.7 Å². The largest absolute Gasteiger partial charge is 0.276 e. The van der Waals surface area contributed by atoms with Gasteiger partial charge in [-0.1, -0.05) is 61.0 Å². The molecule has 0 unspecified atom stereocenters. The number of unbranched alkanes of at least 4 members (excludes halogenated alkanes) is 4. The predicted molar refractivity (Wildman–Crippen MR) is 82.3 cm³/mol. The van der Waals surface area contributed by atoms with E-state index in [2.05, 4.69) is 17.5 Å². The summed E-state index contributed by atoms with van der Waals surface area (Å²) in [6.07, 6.45) is 7.71. The average molecular weight is 308 g/mol. The normalized spacial score (nSPS) is 11.1. The molecule has 0 saturated heterocycles. The highest BCUT2D eigenvalue weighted by atomic mass is 35.5. The molecular formula is C13H17Cl3N2. The molecule has 0 spiro atoms. The lowest BCUT2D eigenvalue weighted by Crippen LogP contribution is -1.92. The Morgan fingerprint density at radius 3 is 2.39 bits per heavy atom. The SMILES string of the molecule is CCCCCC/C=N/Nc1c(Cl)cc(Cl)cc1Cl. The van der Waals surface area contributed by atoms with Gasteiger partial charge in [0.2, 0.25) is 0 Å². The molecular weight excluding hydrogens is 291 g/mol. The highest BCUT2D eigenvalue weighted by Crippen LogP contribution is 2.33. The summed E-state index contributed by atoms with van der Waals surface area (Å²) in [5.41, 5.74) is 3.44. The zero-order chi connectivity index (χ0) is 13.4. The molecule has 2 nitrogen and oxygen atoms in total. The maximum atomic E-state index is 6.01. The molecule has 0 aliphatic rings. The van der Waals surface area contributed by atoms with Gasteiger partial charge in [-0.25, -0.2) is 0 Å². The van der Waals surface area contributed by atoms with E-state index in [1.54, 1.807) is 12.1 Å². The van der Waals surface area contributed by atoms with Gasteiger partial charge in [0.1, 0.15) is 0 Å². The van der Waals surface area contributed by atoms with Crippen molar-refractivity contribution < 1.29 is 0 Å². The van der Waals surface area contributed by atoms with Gasteiger partial charge in [0.05, 0.1) is 15.7 Å². The Balaban J connectivity index is 2.41. The summed E-state index contributed by atoms with van der Waals surface area (Å²) >= 11 is 17.8. The van der Waals surface area contributed by atoms with Crippen molar-refractivity contribution in [3.8, 4) is 0 Å². The van der Waals surface area contributed by atoms with E-state index in [0.29, 0.717) is 20.8 Å². The molecule has 1 aromatic carbocycles. The van der Waals surface area contributed by atoms with E-state index in [9.17, 15) is 0 Å². The molecule has 0 saturated carbocycles. The fourth-order valence-corrected chi connectivity index (χ4v) is 2.39. The first-order chi connectivity index (χ1) is 8.65. The second kappa shape index (κ2) is 8.63. The standard InChI is InChI=1S/C13H17Cl3N2/c1-2-3-4-5-6-7-17-18-13-11(15)8-10(14)9-12(13)16/h7-9,18H,2-6H2,1H3/b17-7+. The smallest absolute Gasteiger partial charge is 0.0935 e. The van der Waals surface area contributed by atoms with E-state index in [0.717, 1.165) is 12.8 Å². The van der Waals surface area contributed by atoms with E-state index >= 15 is 0 Å². The summed E-state index contributed by atoms with van der Waals surface area (Å²) in [7, 11) is 0. The Bertz CT molecular complexity index is 382. The number of benzene rings is 1. The summed E-state index contributed by atoms with van der Waals surface area (Å²) < 4.78 is 0. The predicted octanol–water partition coefficient (Wildman–Crippen LogP) is 6.01. The molecule has 5 heteroatoms. The molecule has 0 bridgehead atoms. The molecule has 0 heterocycles. The van der Waals surface area contributed by atoms with Gasteiger partial charge in [-0.05, 0) is 25.0 Å². The topological polar surface area (TPSA) is 24.4 Å². The minimum Gasteiger partial charge on any atom is -0.276 e. The van der Waals surface area contributed by atoms with E-state index < -0.39 is 0 Å². The number of halogens is 3. The van der Waals surface area contributed by atoms with Crippen LogP contribution in [0.25, 0.3) is 0 Å². The maximum Gasteiger partial charge on any atom is 0.0935 e. The third-order valence-electron chi connectivity index (χ3n) is 2.46. The van der Waals surface area contributed by atoms with Crippen LogP contribution < -0.4 is 5.43 Å². The number of nitrogens with one attached hydrogen (secondary N) is 1. The Hall–Kier alpha value is -0.440. The van der Waals surface area contributed by atoms with E-state index in [-0.39, 0.29) is 0 Å². The van der Waals surface area contributed by atoms with Gasteiger partial charge in [0.15, 0.2) is 0 Å². The number of anilines is 1. The van der Waals surface area contributed by atoms with Crippen LogP contribution in [0, 0.1) is 0 Å². The minimum atomic E-state index is 0.468. The van der Waals surface area contributed by atoms with Gasteiger partial charge in [-0.3, -0.25) is 5.43 Å². The molecule has 0 aliphatic carbocycles. The first kappa shape index (κ1) is 15.6. The van der Waals surface area contributed by atoms with E-state index in [1.165, 1.54) is 19.3 Å². The lowest BCUT2D eigenvalue weighted by molar-refractivity contribution is 0.685. The number of hydrogen-bond acceptors (Lipinski definition) is 2. The van der Waals surface area contributed by atoms with Crippen LogP contribution in [0.5, 0.6) is 0 Å². The van der Waals surface area contributed by atoms with Crippen LogP contribution in [0.3, 0.4) is 0 Å². The van der Waals surface area contributed by atoms with Gasteiger partial charge in [0, 0.05) is 11.2 Å². The summed E-state index contributed by atoms with van der Waals surface area (Å²) in [5, 5.41) is 5.55. The van der Waals surface area contributed by atoms with Crippen LogP contribution in [0.1, 0.15) is 39.0 Å². The van der Waals surface area contributed by atoms with Crippen molar-refractivity contribution in [3.63, 3.8) is 0 Å². The van der Waals surface area contributed by atoms with Crippen molar-refractivity contribution in [3.05, 3.63) is 27.2 Å². The highest BCUT2D eigenvalue weighted by molar-refractivity contribution is 6.41. The third kappa shape index (κ3) is 5.47. The van der Waals surface area contributed by atoms with E-state index in [4.69, 9.17) is 34.8 Å². The summed E-state index contributed by atoms with van der Waals surface area (Å²) in [5.74, 6) is 0. The van der Waals surface area contributed by atoms with Crippen molar-refractivity contribution in [2.24, 2.45) is 5.10 Å². The Kier molecular flexibility index (Phi) is 7.48. The van der Waals surface area contributed by atoms with Crippen LogP contribution in [0.15, 0.2) is 17.2 Å². The molecule has 0 radical (unpaired) electrons. The van der Waals surface area contributed by atoms with E-state index in [1.807, 2.05) is 6.21 Å². The van der Waals surface area contributed by atoms with Gasteiger partial charge >= 0.3 is 0 Å². The Morgan fingerprint density at radius 1 is 1.11 bits per heavy atom. The monoisotopic (exact) mass is 306 g/mol. The van der Waals surface area contributed by atoms with Crippen LogP contribution in [-0.2, 0) is 0 Å². The fourth-order valence-electron chi connectivity index (χ4n) is 1.49. The Morgan fingerprint density at radius 2 is 1.78 bits per heavy atom. The zero-order valence-electron chi connectivity index (χ0n) is 10.3. The average Bonchev–Trinajstić information content (AvgIpc) is 2.30. The fraction of sp³-hybridized carbons (Fsp3) is 0.462. The highest BCUT2D eigenvalue weighted by Gasteiger charge is 2.06. The van der Waals surface area contributed by atoms with Crippen molar-refractivity contribution in [2.45, 2.75) is 39.0 Å². The quantitative estimate of drug-likeness (QED) is 0.372. The maximum absolute atomic E-state index is 6.01. The van der Waals surface area contributed by atoms with Crippen LogP contribution in [-0.4, -0.2) is 6.21 Å². The van der Waals surface area contributed by atoms with Crippen molar-refractivity contribution in [2.75, 3.05) is 5.43 Å². The Labute approximate surface area is 123 Å². The molecule has 18 heavy (non-hydrogen) atoms. The van der Waals surface area contributed by atoms with Gasteiger partial charge in [0.25, 0.3) is 0 Å². The first-order valence-electron chi connectivity index (χ1n) is 6.07. The molecule has 1 aromatic rings. The second-order valence-electron chi connectivity index (χ2n) is 4.02. The summed E-state index contributed by atoms with van der Waals surface area (Å²) in [6.45, 7) is 2.19. The summed E-state index contributed by atoms with van der Waals surface area (Å²) in [4.78, 5) is 0. The van der Waals surface area contributed by atoms with Gasteiger partial charge in [-0.2, -0.15) is 5.10 Å². The number of rotatable bonds is 7. The molecule has 100 valence electrons. The number of hydrogen-bond donors (Lipinski definition) is 1. The molecule has 1 N–H and O–H groups in total. The molecule has 0 fully saturated rings.